The molecule has 0 radical (unpaired) electrons. The summed E-state index contributed by atoms with van der Waals surface area (Å²) in [7, 11) is 0. The molecule has 4 rings (SSSR count). The Morgan fingerprint density at radius 2 is 1.97 bits per heavy atom. The van der Waals surface area contributed by atoms with Gasteiger partial charge in [-0.2, -0.15) is 13.2 Å². The van der Waals surface area contributed by atoms with Gasteiger partial charge in [0, 0.05) is 35.8 Å². The topological polar surface area (TPSA) is 49.2 Å². The zero-order chi connectivity index (χ0) is 22.6. The molecule has 1 aromatic carbocycles. The first-order valence-electron chi connectivity index (χ1n) is 9.99. The first-order chi connectivity index (χ1) is 15.3. The highest BCUT2D eigenvalue weighted by atomic mass is 35.5. The number of ether oxygens (including phenoxy) is 2. The van der Waals surface area contributed by atoms with Crippen LogP contribution in [0, 0.1) is 0 Å². The van der Waals surface area contributed by atoms with E-state index in [9.17, 15) is 13.2 Å². The maximum atomic E-state index is 12.7. The molecule has 0 N–H and O–H groups in total. The number of thioether (sulfide) groups is 1. The van der Waals surface area contributed by atoms with Crippen LogP contribution in [-0.4, -0.2) is 38.8 Å². The third-order valence-electron chi connectivity index (χ3n) is 5.09. The predicted molar refractivity (Wildman–Crippen MR) is 123 cm³/mol. The molecular formula is C22H22Cl2F3N3O2S. The number of alkyl halides is 3. The van der Waals surface area contributed by atoms with Gasteiger partial charge in [-0.05, 0) is 36.2 Å². The molecule has 1 aliphatic heterocycles. The second kappa shape index (κ2) is 11.1. The molecule has 3 aromatic rings. The van der Waals surface area contributed by atoms with Gasteiger partial charge in [0.1, 0.15) is 0 Å². The molecule has 0 saturated carbocycles. The van der Waals surface area contributed by atoms with Crippen molar-refractivity contribution in [2.75, 3.05) is 12.4 Å². The Morgan fingerprint density at radius 3 is 2.61 bits per heavy atom. The van der Waals surface area contributed by atoms with E-state index in [2.05, 4.69) is 9.97 Å². The molecule has 0 aliphatic carbocycles. The molecule has 33 heavy (non-hydrogen) atoms. The lowest BCUT2D eigenvalue weighted by atomic mass is 10.0. The summed E-state index contributed by atoms with van der Waals surface area (Å²) in [6.07, 6.45) is 2.89. The maximum Gasteiger partial charge on any atom is 0.417 e. The van der Waals surface area contributed by atoms with Crippen LogP contribution in [0.3, 0.4) is 0 Å². The lowest BCUT2D eigenvalue weighted by molar-refractivity contribution is -0.180. The Morgan fingerprint density at radius 1 is 1.18 bits per heavy atom. The van der Waals surface area contributed by atoms with Crippen LogP contribution < -0.4 is 0 Å². The normalized spacial score (nSPS) is 20.5. The number of rotatable bonds is 8. The minimum absolute atomic E-state index is 0. The molecule has 1 fully saturated rings. The van der Waals surface area contributed by atoms with Gasteiger partial charge in [-0.15, -0.1) is 24.2 Å². The van der Waals surface area contributed by atoms with Crippen LogP contribution in [0.2, 0.25) is 5.02 Å². The van der Waals surface area contributed by atoms with Crippen molar-refractivity contribution < 1.29 is 22.6 Å². The van der Waals surface area contributed by atoms with Gasteiger partial charge in [-0.3, -0.25) is 0 Å². The van der Waals surface area contributed by atoms with Gasteiger partial charge >= 0.3 is 6.18 Å². The number of benzene rings is 1. The zero-order valence-corrected chi connectivity index (χ0v) is 19.8. The Bertz CT molecular complexity index is 1010. The van der Waals surface area contributed by atoms with Crippen molar-refractivity contribution in [3.05, 3.63) is 77.5 Å². The van der Waals surface area contributed by atoms with Crippen molar-refractivity contribution in [3.8, 4) is 0 Å². The molecule has 0 unspecified atom stereocenters. The number of imidazole rings is 1. The van der Waals surface area contributed by atoms with E-state index in [4.69, 9.17) is 21.1 Å². The summed E-state index contributed by atoms with van der Waals surface area (Å²) in [6.45, 7) is 0.878. The molecule has 1 aliphatic rings. The van der Waals surface area contributed by atoms with Gasteiger partial charge in [0.15, 0.2) is 5.79 Å². The fraction of sp³-hybridized carbons (Fsp3) is 0.364. The van der Waals surface area contributed by atoms with Crippen LogP contribution in [0.1, 0.15) is 17.5 Å². The van der Waals surface area contributed by atoms with E-state index < -0.39 is 17.5 Å². The van der Waals surface area contributed by atoms with Crippen LogP contribution in [-0.2, 0) is 28.6 Å². The van der Waals surface area contributed by atoms with Gasteiger partial charge in [0.2, 0.25) is 0 Å². The molecule has 5 nitrogen and oxygen atoms in total. The largest absolute Gasteiger partial charge is 0.417 e. The first-order valence-corrected chi connectivity index (χ1v) is 11.4. The maximum absolute atomic E-state index is 12.7. The van der Waals surface area contributed by atoms with Crippen LogP contribution >= 0.6 is 35.8 Å². The number of hydrogen-bond donors (Lipinski definition) is 0. The lowest BCUT2D eigenvalue weighted by Gasteiger charge is -2.28. The average Bonchev–Trinajstić information content (AvgIpc) is 3.42. The van der Waals surface area contributed by atoms with E-state index in [-0.39, 0.29) is 18.5 Å². The summed E-state index contributed by atoms with van der Waals surface area (Å²) in [5, 5.41) is 1.19. The van der Waals surface area contributed by atoms with Crippen LogP contribution in [0.4, 0.5) is 13.2 Å². The van der Waals surface area contributed by atoms with E-state index in [1.165, 1.54) is 17.8 Å². The van der Waals surface area contributed by atoms with Crippen LogP contribution in [0.15, 0.2) is 66.3 Å². The number of aromatic nitrogens is 3. The zero-order valence-electron chi connectivity index (χ0n) is 17.4. The summed E-state index contributed by atoms with van der Waals surface area (Å²) in [4.78, 5) is 8.00. The van der Waals surface area contributed by atoms with Crippen molar-refractivity contribution in [2.45, 2.75) is 42.5 Å². The summed E-state index contributed by atoms with van der Waals surface area (Å²) < 4.78 is 52.5. The Labute approximate surface area is 205 Å². The van der Waals surface area contributed by atoms with Gasteiger partial charge < -0.3 is 14.0 Å². The van der Waals surface area contributed by atoms with E-state index in [0.717, 1.165) is 24.2 Å². The van der Waals surface area contributed by atoms with Gasteiger partial charge in [0.25, 0.3) is 0 Å². The molecular weight excluding hydrogens is 498 g/mol. The minimum Gasteiger partial charge on any atom is -0.345 e. The molecule has 178 valence electrons. The Balaban J connectivity index is 0.00000306. The number of aryl methyl sites for hydroxylation is 1. The van der Waals surface area contributed by atoms with Crippen molar-refractivity contribution in [2.24, 2.45) is 0 Å². The van der Waals surface area contributed by atoms with Crippen molar-refractivity contribution in [1.29, 1.82) is 0 Å². The third kappa shape index (κ3) is 7.10. The van der Waals surface area contributed by atoms with E-state index in [1.807, 2.05) is 35.0 Å². The van der Waals surface area contributed by atoms with E-state index in [1.54, 1.807) is 12.5 Å². The highest BCUT2D eigenvalue weighted by Crippen LogP contribution is 2.34. The standard InChI is InChI=1S/C22H21ClF3N3O2S.ClH/c23-18-4-1-16(2-5-18)7-8-21(14-29-10-9-27-15-29)30-12-19(31-21)13-32-20-6-3-17(11-28-20)22(24,25)26;/h1-6,9-11,15,19H,7-8,12-14H2;1H/t19-,21+;/m0./s1. The van der Waals surface area contributed by atoms with Crippen molar-refractivity contribution in [3.63, 3.8) is 0 Å². The van der Waals surface area contributed by atoms with Crippen LogP contribution in [0.25, 0.3) is 0 Å². The Hall–Kier alpha value is -1.78. The molecule has 2 aromatic heterocycles. The van der Waals surface area contributed by atoms with Gasteiger partial charge in [-0.1, -0.05) is 23.7 Å². The fourth-order valence-corrected chi connectivity index (χ4v) is 4.39. The minimum atomic E-state index is -4.39. The first kappa shape index (κ1) is 25.8. The average molecular weight is 520 g/mol. The molecule has 2 atom stereocenters. The summed E-state index contributed by atoms with van der Waals surface area (Å²) in [5.74, 6) is -0.301. The molecule has 0 bridgehead atoms. The van der Waals surface area contributed by atoms with E-state index >= 15 is 0 Å². The highest BCUT2D eigenvalue weighted by Gasteiger charge is 2.41. The number of hydrogen-bond acceptors (Lipinski definition) is 5. The SMILES string of the molecule is Cl.FC(F)(F)c1ccc(SC[C@@H]2CO[C@@](CCc3ccc(Cl)cc3)(Cn3ccnc3)O2)nc1. The summed E-state index contributed by atoms with van der Waals surface area (Å²) in [5.41, 5.74) is 0.363. The lowest BCUT2D eigenvalue weighted by Crippen LogP contribution is -2.37. The molecule has 1 saturated heterocycles. The quantitative estimate of drug-likeness (QED) is 0.346. The van der Waals surface area contributed by atoms with Crippen molar-refractivity contribution >= 4 is 35.8 Å². The second-order valence-corrected chi connectivity index (χ2v) is 8.99. The molecule has 11 heteroatoms. The number of halogens is 5. The summed E-state index contributed by atoms with van der Waals surface area (Å²) >= 11 is 7.32. The van der Waals surface area contributed by atoms with Crippen molar-refractivity contribution in [1.82, 2.24) is 14.5 Å². The molecule has 3 heterocycles. The fourth-order valence-electron chi connectivity index (χ4n) is 3.45. The monoisotopic (exact) mass is 519 g/mol. The number of pyridine rings is 1. The van der Waals surface area contributed by atoms with Gasteiger partial charge in [-0.25, -0.2) is 9.97 Å². The second-order valence-electron chi connectivity index (χ2n) is 7.52. The molecule has 0 amide bonds. The van der Waals surface area contributed by atoms with Crippen LogP contribution in [0.5, 0.6) is 0 Å². The number of nitrogens with zero attached hydrogens (tertiary/aromatic N) is 3. The third-order valence-corrected chi connectivity index (χ3v) is 6.41. The highest BCUT2D eigenvalue weighted by molar-refractivity contribution is 7.99. The van der Waals surface area contributed by atoms with Gasteiger partial charge in [0.05, 0.1) is 36.2 Å². The predicted octanol–water partition coefficient (Wildman–Crippen LogP) is 5.91. The van der Waals surface area contributed by atoms with E-state index in [0.29, 0.717) is 35.4 Å². The smallest absolute Gasteiger partial charge is 0.345 e. The summed E-state index contributed by atoms with van der Waals surface area (Å²) in [6, 6.07) is 10.1. The Kier molecular flexibility index (Phi) is 8.69. The molecule has 0 spiro atoms.